The Morgan fingerprint density at radius 1 is 1.23 bits per heavy atom. The average molecular weight is 460 g/mol. The van der Waals surface area contributed by atoms with Crippen molar-refractivity contribution in [3.05, 3.63) is 75.2 Å². The maximum absolute atomic E-state index is 6.53. The zero-order valence-electron chi connectivity index (χ0n) is 16.7. The van der Waals surface area contributed by atoms with Gasteiger partial charge in [-0.15, -0.1) is 11.3 Å². The Morgan fingerprint density at radius 3 is 2.77 bits per heavy atom. The largest absolute Gasteiger partial charge is 0.490 e. The first kappa shape index (κ1) is 21.1. The van der Waals surface area contributed by atoms with Crippen molar-refractivity contribution in [1.29, 1.82) is 0 Å². The SMILES string of the molecule is COCCOc1ccc(N2C(=S)N[C@H](c3ccccn3)[C@H]2c2sccc2C)cc1Cl. The zero-order valence-corrected chi connectivity index (χ0v) is 19.1. The van der Waals surface area contributed by atoms with Crippen LogP contribution in [0.4, 0.5) is 5.69 Å². The summed E-state index contributed by atoms with van der Waals surface area (Å²) in [6.45, 7) is 3.07. The molecule has 2 aromatic heterocycles. The third-order valence-corrected chi connectivity index (χ3v) is 6.71. The second kappa shape index (κ2) is 9.31. The van der Waals surface area contributed by atoms with Crippen LogP contribution in [0.2, 0.25) is 5.02 Å². The number of halogens is 1. The normalized spacial score (nSPS) is 18.5. The van der Waals surface area contributed by atoms with E-state index in [0.29, 0.717) is 29.1 Å². The lowest BCUT2D eigenvalue weighted by Crippen LogP contribution is -2.29. The Balaban J connectivity index is 1.71. The van der Waals surface area contributed by atoms with Crippen molar-refractivity contribution in [3.8, 4) is 5.75 Å². The van der Waals surface area contributed by atoms with Crippen LogP contribution >= 0.6 is 35.2 Å². The van der Waals surface area contributed by atoms with Crippen molar-refractivity contribution >= 4 is 46.0 Å². The molecular weight excluding hydrogens is 438 g/mol. The molecule has 1 aromatic carbocycles. The Bertz CT molecular complexity index is 1030. The van der Waals surface area contributed by atoms with Crippen LogP contribution in [0.25, 0.3) is 0 Å². The van der Waals surface area contributed by atoms with E-state index in [1.165, 1.54) is 10.4 Å². The van der Waals surface area contributed by atoms with Gasteiger partial charge in [-0.1, -0.05) is 17.7 Å². The molecule has 156 valence electrons. The highest BCUT2D eigenvalue weighted by Gasteiger charge is 2.42. The first-order chi connectivity index (χ1) is 14.6. The molecule has 0 unspecified atom stereocenters. The molecule has 5 nitrogen and oxygen atoms in total. The summed E-state index contributed by atoms with van der Waals surface area (Å²) in [5, 5.41) is 6.76. The van der Waals surface area contributed by atoms with E-state index in [9.17, 15) is 0 Å². The Labute approximate surface area is 190 Å². The summed E-state index contributed by atoms with van der Waals surface area (Å²) >= 11 is 14.0. The molecule has 8 heteroatoms. The minimum absolute atomic E-state index is 0.0243. The van der Waals surface area contributed by atoms with E-state index in [0.717, 1.165) is 11.4 Å². The molecule has 1 saturated heterocycles. The lowest BCUT2D eigenvalue weighted by molar-refractivity contribution is 0.146. The number of aromatic nitrogens is 1. The summed E-state index contributed by atoms with van der Waals surface area (Å²) < 4.78 is 10.7. The molecule has 0 radical (unpaired) electrons. The van der Waals surface area contributed by atoms with Crippen molar-refractivity contribution in [2.24, 2.45) is 0 Å². The number of methoxy groups -OCH3 is 1. The summed E-state index contributed by atoms with van der Waals surface area (Å²) in [4.78, 5) is 7.95. The second-order valence-electron chi connectivity index (χ2n) is 6.92. The smallest absolute Gasteiger partial charge is 0.174 e. The lowest BCUT2D eigenvalue weighted by atomic mass is 10.0. The fourth-order valence-corrected chi connectivity index (χ4v) is 5.21. The maximum atomic E-state index is 6.53. The summed E-state index contributed by atoms with van der Waals surface area (Å²) in [6, 6.07) is 13.7. The van der Waals surface area contributed by atoms with Crippen molar-refractivity contribution in [2.45, 2.75) is 19.0 Å². The molecule has 0 amide bonds. The molecule has 4 rings (SSSR count). The topological polar surface area (TPSA) is 46.6 Å². The highest BCUT2D eigenvalue weighted by Crippen LogP contribution is 2.45. The highest BCUT2D eigenvalue weighted by molar-refractivity contribution is 7.80. The van der Waals surface area contributed by atoms with E-state index in [1.54, 1.807) is 18.4 Å². The first-order valence-corrected chi connectivity index (χ1v) is 11.2. The fraction of sp³-hybridized carbons (Fsp3) is 0.273. The van der Waals surface area contributed by atoms with Crippen LogP contribution in [0.1, 0.15) is 28.2 Å². The molecule has 0 aliphatic carbocycles. The Morgan fingerprint density at radius 2 is 2.10 bits per heavy atom. The van der Waals surface area contributed by atoms with E-state index in [2.05, 4.69) is 33.6 Å². The molecule has 3 heterocycles. The van der Waals surface area contributed by atoms with E-state index in [1.807, 2.05) is 42.6 Å². The summed E-state index contributed by atoms with van der Waals surface area (Å²) in [5.41, 5.74) is 3.09. The van der Waals surface area contributed by atoms with Crippen LogP contribution in [0, 0.1) is 6.92 Å². The minimum atomic E-state index is -0.0625. The predicted molar refractivity (Wildman–Crippen MR) is 126 cm³/mol. The van der Waals surface area contributed by atoms with Crippen molar-refractivity contribution < 1.29 is 9.47 Å². The van der Waals surface area contributed by atoms with Gasteiger partial charge in [-0.05, 0) is 66.5 Å². The zero-order chi connectivity index (χ0) is 21.1. The van der Waals surface area contributed by atoms with Gasteiger partial charge in [0.2, 0.25) is 0 Å². The number of thiophene rings is 1. The van der Waals surface area contributed by atoms with Gasteiger partial charge in [-0.3, -0.25) is 4.98 Å². The number of hydrogen-bond donors (Lipinski definition) is 1. The van der Waals surface area contributed by atoms with Crippen LogP contribution in [0.3, 0.4) is 0 Å². The van der Waals surface area contributed by atoms with Crippen molar-refractivity contribution in [1.82, 2.24) is 10.3 Å². The average Bonchev–Trinajstić information content (AvgIpc) is 3.32. The van der Waals surface area contributed by atoms with Gasteiger partial charge in [-0.2, -0.15) is 0 Å². The van der Waals surface area contributed by atoms with Crippen LogP contribution in [-0.4, -0.2) is 30.4 Å². The number of ether oxygens (including phenoxy) is 2. The van der Waals surface area contributed by atoms with E-state index in [4.69, 9.17) is 33.3 Å². The minimum Gasteiger partial charge on any atom is -0.490 e. The third kappa shape index (κ3) is 4.16. The molecule has 0 spiro atoms. The molecule has 3 aromatic rings. The predicted octanol–water partition coefficient (Wildman–Crippen LogP) is 5.31. The molecule has 30 heavy (non-hydrogen) atoms. The number of hydrogen-bond acceptors (Lipinski definition) is 5. The molecular formula is C22H22ClN3O2S2. The van der Waals surface area contributed by atoms with Gasteiger partial charge >= 0.3 is 0 Å². The van der Waals surface area contributed by atoms with Crippen molar-refractivity contribution in [3.63, 3.8) is 0 Å². The van der Waals surface area contributed by atoms with Gasteiger partial charge < -0.3 is 19.7 Å². The lowest BCUT2D eigenvalue weighted by Gasteiger charge is -2.28. The van der Waals surface area contributed by atoms with Gasteiger partial charge in [0.1, 0.15) is 12.4 Å². The van der Waals surface area contributed by atoms with Crippen LogP contribution in [0.15, 0.2) is 54.0 Å². The quantitative estimate of drug-likeness (QED) is 0.381. The molecule has 1 fully saturated rings. The molecule has 0 saturated carbocycles. The molecule has 0 bridgehead atoms. The number of anilines is 1. The van der Waals surface area contributed by atoms with Crippen LogP contribution < -0.4 is 15.0 Å². The van der Waals surface area contributed by atoms with E-state index in [-0.39, 0.29) is 12.1 Å². The number of aryl methyl sites for hydroxylation is 1. The summed E-state index contributed by atoms with van der Waals surface area (Å²) in [5.74, 6) is 0.626. The maximum Gasteiger partial charge on any atom is 0.174 e. The standard InChI is InChI=1S/C22H22ClN3O2S2/c1-14-8-12-30-21(14)20-19(17-5-3-4-9-24-17)25-22(29)26(20)15-6-7-18(16(23)13-15)28-11-10-27-2/h3-9,12-13,19-20H,10-11H2,1-2H3,(H,25,29)/t19-,20+/m1/s1. The number of thiocarbonyl (C=S) groups is 1. The first-order valence-electron chi connectivity index (χ1n) is 9.56. The van der Waals surface area contributed by atoms with Gasteiger partial charge in [0, 0.05) is 23.9 Å². The highest BCUT2D eigenvalue weighted by atomic mass is 35.5. The Hall–Kier alpha value is -2.19. The van der Waals surface area contributed by atoms with Gasteiger partial charge in [0.25, 0.3) is 0 Å². The summed E-state index contributed by atoms with van der Waals surface area (Å²) in [7, 11) is 1.64. The second-order valence-corrected chi connectivity index (χ2v) is 8.66. The molecule has 1 N–H and O–H groups in total. The number of rotatable bonds is 7. The van der Waals surface area contributed by atoms with Gasteiger partial charge in [0.15, 0.2) is 5.11 Å². The van der Waals surface area contributed by atoms with Crippen LogP contribution in [-0.2, 0) is 4.74 Å². The molecule has 1 aliphatic heterocycles. The molecule has 1 aliphatic rings. The van der Waals surface area contributed by atoms with Crippen LogP contribution in [0.5, 0.6) is 5.75 Å². The summed E-state index contributed by atoms with van der Waals surface area (Å²) in [6.07, 6.45) is 1.81. The van der Waals surface area contributed by atoms with Crippen molar-refractivity contribution in [2.75, 3.05) is 25.2 Å². The number of nitrogens with zero attached hydrogens (tertiary/aromatic N) is 2. The fourth-order valence-electron chi connectivity index (χ4n) is 3.58. The number of nitrogens with one attached hydrogen (secondary N) is 1. The third-order valence-electron chi connectivity index (χ3n) is 5.01. The van der Waals surface area contributed by atoms with E-state index >= 15 is 0 Å². The van der Waals surface area contributed by atoms with E-state index < -0.39 is 0 Å². The number of pyridine rings is 1. The molecule has 2 atom stereocenters. The Kier molecular flexibility index (Phi) is 6.53. The van der Waals surface area contributed by atoms with Gasteiger partial charge in [-0.25, -0.2) is 0 Å². The monoisotopic (exact) mass is 459 g/mol. The van der Waals surface area contributed by atoms with Gasteiger partial charge in [0.05, 0.1) is 29.4 Å². The number of benzene rings is 1.